The molecule has 0 spiro atoms. The molecule has 0 aliphatic heterocycles. The predicted molar refractivity (Wildman–Crippen MR) is 121 cm³/mol. The van der Waals surface area contributed by atoms with Gasteiger partial charge in [-0.3, -0.25) is 4.79 Å². The smallest absolute Gasteiger partial charge is 0.258 e. The average molecular weight is 444 g/mol. The first-order valence-electron chi connectivity index (χ1n) is 10.3. The number of carbonyl (C=O) groups excluding carboxylic acids is 1. The SMILES string of the molecule is CCOc1ccc(N(CCC#N)C(=O)c2cc(S(=O)(=O)N(CC)CC)ccc2C)cc1. The zero-order valence-electron chi connectivity index (χ0n) is 18.5. The number of nitrogens with zero attached hydrogens (tertiary/aromatic N) is 3. The van der Waals surface area contributed by atoms with E-state index < -0.39 is 10.0 Å². The van der Waals surface area contributed by atoms with Crippen LogP contribution in [0.4, 0.5) is 5.69 Å². The van der Waals surface area contributed by atoms with Gasteiger partial charge in [-0.15, -0.1) is 0 Å². The first-order valence-corrected chi connectivity index (χ1v) is 11.8. The summed E-state index contributed by atoms with van der Waals surface area (Å²) >= 11 is 0. The van der Waals surface area contributed by atoms with Crippen LogP contribution < -0.4 is 9.64 Å². The fourth-order valence-corrected chi connectivity index (χ4v) is 4.73. The van der Waals surface area contributed by atoms with Gasteiger partial charge in [0.15, 0.2) is 0 Å². The molecule has 1 amide bonds. The van der Waals surface area contributed by atoms with Crippen molar-refractivity contribution in [1.29, 1.82) is 5.26 Å². The summed E-state index contributed by atoms with van der Waals surface area (Å²) in [5.74, 6) is 0.330. The normalized spacial score (nSPS) is 11.2. The lowest BCUT2D eigenvalue weighted by atomic mass is 10.1. The van der Waals surface area contributed by atoms with Crippen LogP contribution >= 0.6 is 0 Å². The van der Waals surface area contributed by atoms with Crippen molar-refractivity contribution < 1.29 is 17.9 Å². The number of hydrogen-bond acceptors (Lipinski definition) is 5. The summed E-state index contributed by atoms with van der Waals surface area (Å²) in [5, 5.41) is 9.06. The van der Waals surface area contributed by atoms with Crippen LogP contribution in [0.5, 0.6) is 5.75 Å². The van der Waals surface area contributed by atoms with Gasteiger partial charge in [0.25, 0.3) is 5.91 Å². The molecule has 0 N–H and O–H groups in total. The van der Waals surface area contributed by atoms with Crippen molar-refractivity contribution in [1.82, 2.24) is 4.31 Å². The number of rotatable bonds is 10. The topological polar surface area (TPSA) is 90.7 Å². The Labute approximate surface area is 184 Å². The van der Waals surface area contributed by atoms with Crippen molar-refractivity contribution in [2.75, 3.05) is 31.1 Å². The first-order chi connectivity index (χ1) is 14.8. The third-order valence-corrected chi connectivity index (χ3v) is 6.98. The Bertz CT molecular complexity index is 1040. The van der Waals surface area contributed by atoms with Crippen LogP contribution in [0.3, 0.4) is 0 Å². The van der Waals surface area contributed by atoms with E-state index in [4.69, 9.17) is 10.00 Å². The number of ether oxygens (including phenoxy) is 1. The number of sulfonamides is 1. The van der Waals surface area contributed by atoms with Gasteiger partial charge in [0.05, 0.1) is 24.0 Å². The second-order valence-electron chi connectivity index (χ2n) is 6.86. The van der Waals surface area contributed by atoms with E-state index in [1.54, 1.807) is 51.1 Å². The van der Waals surface area contributed by atoms with Gasteiger partial charge >= 0.3 is 0 Å². The van der Waals surface area contributed by atoms with Gasteiger partial charge in [-0.1, -0.05) is 19.9 Å². The van der Waals surface area contributed by atoms with Gasteiger partial charge in [0.1, 0.15) is 5.75 Å². The van der Waals surface area contributed by atoms with Crippen LogP contribution in [0, 0.1) is 18.3 Å². The number of nitriles is 1. The van der Waals surface area contributed by atoms with Crippen molar-refractivity contribution in [2.45, 2.75) is 39.0 Å². The Hall–Kier alpha value is -2.89. The predicted octanol–water partition coefficient (Wildman–Crippen LogP) is 3.98. The summed E-state index contributed by atoms with van der Waals surface area (Å²) in [5.41, 5.74) is 1.57. The molecule has 0 radical (unpaired) electrons. The van der Waals surface area contributed by atoms with Crippen LogP contribution in [0.2, 0.25) is 0 Å². The fourth-order valence-electron chi connectivity index (χ4n) is 3.25. The highest BCUT2D eigenvalue weighted by molar-refractivity contribution is 7.89. The maximum Gasteiger partial charge on any atom is 0.258 e. The van der Waals surface area contributed by atoms with Crippen LogP contribution in [-0.4, -0.2) is 44.9 Å². The van der Waals surface area contributed by atoms with E-state index in [2.05, 4.69) is 6.07 Å². The molecule has 2 aromatic rings. The van der Waals surface area contributed by atoms with Crippen molar-refractivity contribution >= 4 is 21.6 Å². The van der Waals surface area contributed by atoms with Crippen LogP contribution in [0.25, 0.3) is 0 Å². The van der Waals surface area contributed by atoms with Crippen molar-refractivity contribution in [3.8, 4) is 11.8 Å². The minimum Gasteiger partial charge on any atom is -0.494 e. The largest absolute Gasteiger partial charge is 0.494 e. The molecular weight excluding hydrogens is 414 g/mol. The molecule has 8 heteroatoms. The van der Waals surface area contributed by atoms with Crippen molar-refractivity contribution in [3.05, 3.63) is 53.6 Å². The molecular formula is C23H29N3O4S. The number of amides is 1. The average Bonchev–Trinajstić information content (AvgIpc) is 2.76. The molecule has 0 saturated heterocycles. The van der Waals surface area contributed by atoms with Crippen molar-refractivity contribution in [2.24, 2.45) is 0 Å². The van der Waals surface area contributed by atoms with Crippen molar-refractivity contribution in [3.63, 3.8) is 0 Å². The van der Waals surface area contributed by atoms with E-state index in [9.17, 15) is 13.2 Å². The van der Waals surface area contributed by atoms with E-state index in [1.165, 1.54) is 21.3 Å². The third kappa shape index (κ3) is 5.63. The minimum absolute atomic E-state index is 0.0806. The fraction of sp³-hybridized carbons (Fsp3) is 0.391. The molecule has 2 rings (SSSR count). The molecule has 0 unspecified atom stereocenters. The summed E-state index contributed by atoms with van der Waals surface area (Å²) in [4.78, 5) is 15.0. The Kier molecular flexibility index (Phi) is 8.60. The number of anilines is 1. The zero-order chi connectivity index (χ0) is 23.0. The van der Waals surface area contributed by atoms with Gasteiger partial charge in [-0.2, -0.15) is 9.57 Å². The molecule has 0 aromatic heterocycles. The molecule has 0 saturated carbocycles. The van der Waals surface area contributed by atoms with E-state index >= 15 is 0 Å². The molecule has 0 heterocycles. The number of carbonyl (C=O) groups is 1. The maximum absolute atomic E-state index is 13.4. The standard InChI is InChI=1S/C23H29N3O4S/c1-5-25(6-2)31(28,29)21-14-9-18(4)22(17-21)23(27)26(16-8-15-24)19-10-12-20(13-11-19)30-7-3/h9-14,17H,5-8,16H2,1-4H3. The molecule has 0 bridgehead atoms. The third-order valence-electron chi connectivity index (χ3n) is 4.93. The van der Waals surface area contributed by atoms with Gasteiger partial charge in [-0.25, -0.2) is 8.42 Å². The molecule has 0 aliphatic rings. The molecule has 0 aliphatic carbocycles. The Balaban J connectivity index is 2.48. The molecule has 0 atom stereocenters. The van der Waals surface area contributed by atoms with Crippen LogP contribution in [0.15, 0.2) is 47.4 Å². The molecule has 0 fully saturated rings. The highest BCUT2D eigenvalue weighted by Gasteiger charge is 2.25. The lowest BCUT2D eigenvalue weighted by Gasteiger charge is -2.24. The van der Waals surface area contributed by atoms with Gasteiger partial charge < -0.3 is 9.64 Å². The Morgan fingerprint density at radius 3 is 2.26 bits per heavy atom. The maximum atomic E-state index is 13.4. The Morgan fingerprint density at radius 2 is 1.71 bits per heavy atom. The summed E-state index contributed by atoms with van der Waals surface area (Å²) in [6.07, 6.45) is 0.148. The summed E-state index contributed by atoms with van der Waals surface area (Å²) in [6, 6.07) is 13.7. The van der Waals surface area contributed by atoms with Gasteiger partial charge in [0, 0.05) is 30.9 Å². The number of benzene rings is 2. The van der Waals surface area contributed by atoms with E-state index in [1.807, 2.05) is 6.92 Å². The van der Waals surface area contributed by atoms with E-state index in [0.29, 0.717) is 42.3 Å². The van der Waals surface area contributed by atoms with Gasteiger partial charge in [0.2, 0.25) is 10.0 Å². The summed E-state index contributed by atoms with van der Waals surface area (Å²) < 4.78 is 32.7. The summed E-state index contributed by atoms with van der Waals surface area (Å²) in [6.45, 7) is 8.61. The lowest BCUT2D eigenvalue weighted by molar-refractivity contribution is 0.0986. The highest BCUT2D eigenvalue weighted by atomic mass is 32.2. The van der Waals surface area contributed by atoms with E-state index in [-0.39, 0.29) is 23.8 Å². The van der Waals surface area contributed by atoms with Gasteiger partial charge in [-0.05, 0) is 55.8 Å². The molecule has 2 aromatic carbocycles. The van der Waals surface area contributed by atoms with E-state index in [0.717, 1.165) is 0 Å². The number of hydrogen-bond donors (Lipinski definition) is 0. The van der Waals surface area contributed by atoms with Crippen LogP contribution in [-0.2, 0) is 10.0 Å². The quantitative estimate of drug-likeness (QED) is 0.554. The highest BCUT2D eigenvalue weighted by Crippen LogP contribution is 2.25. The second kappa shape index (κ2) is 10.9. The first kappa shape index (κ1) is 24.4. The second-order valence-corrected chi connectivity index (χ2v) is 8.80. The zero-order valence-corrected chi connectivity index (χ0v) is 19.3. The molecule has 7 nitrogen and oxygen atoms in total. The Morgan fingerprint density at radius 1 is 1.06 bits per heavy atom. The number of aryl methyl sites for hydroxylation is 1. The summed E-state index contributed by atoms with van der Waals surface area (Å²) in [7, 11) is -3.70. The molecule has 31 heavy (non-hydrogen) atoms. The van der Waals surface area contributed by atoms with Crippen LogP contribution in [0.1, 0.15) is 43.1 Å². The lowest BCUT2D eigenvalue weighted by Crippen LogP contribution is -2.33. The molecule has 166 valence electrons. The minimum atomic E-state index is -3.70. The monoisotopic (exact) mass is 443 g/mol.